The van der Waals surface area contributed by atoms with Crippen LogP contribution < -0.4 is 5.32 Å². The smallest absolute Gasteiger partial charge is 0.296 e. The molecule has 29 heavy (non-hydrogen) atoms. The molecule has 0 bridgehead atoms. The molecule has 1 aliphatic heterocycles. The molecule has 0 radical (unpaired) electrons. The average molecular weight is 389 g/mol. The van der Waals surface area contributed by atoms with E-state index in [2.05, 4.69) is 5.32 Å². The molecule has 148 valence electrons. The van der Waals surface area contributed by atoms with Gasteiger partial charge in [0.1, 0.15) is 6.54 Å². The van der Waals surface area contributed by atoms with Gasteiger partial charge in [-0.25, -0.2) is 0 Å². The third-order valence-electron chi connectivity index (χ3n) is 5.28. The maximum atomic E-state index is 12.9. The first-order valence-corrected chi connectivity index (χ1v) is 9.81. The fraction of sp³-hybridized carbons (Fsp3) is 0.261. The van der Waals surface area contributed by atoms with Gasteiger partial charge in [-0.1, -0.05) is 30.3 Å². The van der Waals surface area contributed by atoms with E-state index < -0.39 is 11.7 Å². The largest absolute Gasteiger partial charge is 0.341 e. The van der Waals surface area contributed by atoms with E-state index in [1.54, 1.807) is 22.9 Å². The van der Waals surface area contributed by atoms with Crippen LogP contribution in [0, 0.1) is 6.92 Å². The van der Waals surface area contributed by atoms with Crippen LogP contribution in [0.3, 0.4) is 0 Å². The molecule has 0 unspecified atom stereocenters. The number of ketones is 1. The zero-order chi connectivity index (χ0) is 20.4. The summed E-state index contributed by atoms with van der Waals surface area (Å²) in [6.45, 7) is 3.64. The molecular formula is C23H23N3O3. The molecular weight excluding hydrogens is 366 g/mol. The number of para-hydroxylation sites is 1. The van der Waals surface area contributed by atoms with Crippen LogP contribution in [0.5, 0.6) is 0 Å². The molecule has 6 heteroatoms. The first kappa shape index (κ1) is 18.9. The Kier molecular flexibility index (Phi) is 5.16. The highest BCUT2D eigenvalue weighted by Crippen LogP contribution is 2.23. The van der Waals surface area contributed by atoms with Crippen molar-refractivity contribution in [3.05, 3.63) is 65.9 Å². The van der Waals surface area contributed by atoms with Gasteiger partial charge in [0.05, 0.1) is 5.56 Å². The molecule has 0 spiro atoms. The second-order valence-electron chi connectivity index (χ2n) is 7.43. The summed E-state index contributed by atoms with van der Waals surface area (Å²) in [5, 5.41) is 3.34. The van der Waals surface area contributed by atoms with Crippen LogP contribution in [-0.2, 0) is 16.1 Å². The first-order chi connectivity index (χ1) is 14.0. The highest BCUT2D eigenvalue weighted by Gasteiger charge is 2.24. The molecule has 1 saturated heterocycles. The lowest BCUT2D eigenvalue weighted by atomic mass is 10.1. The van der Waals surface area contributed by atoms with Crippen molar-refractivity contribution in [2.24, 2.45) is 0 Å². The van der Waals surface area contributed by atoms with E-state index in [4.69, 9.17) is 0 Å². The van der Waals surface area contributed by atoms with Crippen molar-refractivity contribution in [3.63, 3.8) is 0 Å². The standard InChI is InChI=1S/C23H23N3O3/c1-16-7-6-8-17(13-16)24-23(29)22(28)19-14-26(20-10-3-2-9-18(19)20)15-21(27)25-11-4-5-12-25/h2-3,6-10,13-14H,4-5,11-12,15H2,1H3,(H,24,29). The normalized spacial score (nSPS) is 13.6. The van der Waals surface area contributed by atoms with E-state index in [0.717, 1.165) is 37.0 Å². The summed E-state index contributed by atoms with van der Waals surface area (Å²) in [5.41, 5.74) is 2.65. The van der Waals surface area contributed by atoms with Crippen molar-refractivity contribution in [1.82, 2.24) is 9.47 Å². The van der Waals surface area contributed by atoms with Crippen LogP contribution >= 0.6 is 0 Å². The van der Waals surface area contributed by atoms with Crippen molar-refractivity contribution < 1.29 is 14.4 Å². The number of anilines is 1. The predicted octanol–water partition coefficient (Wildman–Crippen LogP) is 3.39. The molecule has 2 aromatic carbocycles. The molecule has 1 N–H and O–H groups in total. The van der Waals surface area contributed by atoms with Gasteiger partial charge < -0.3 is 14.8 Å². The molecule has 2 amide bonds. The van der Waals surface area contributed by atoms with Crippen molar-refractivity contribution in [3.8, 4) is 0 Å². The molecule has 3 aromatic rings. The van der Waals surface area contributed by atoms with Gasteiger partial charge >= 0.3 is 0 Å². The number of nitrogens with one attached hydrogen (secondary N) is 1. The maximum Gasteiger partial charge on any atom is 0.296 e. The van der Waals surface area contributed by atoms with Gasteiger partial charge in [0, 0.05) is 35.9 Å². The quantitative estimate of drug-likeness (QED) is 0.537. The molecule has 0 aliphatic carbocycles. The number of aryl methyl sites for hydroxylation is 1. The number of amides is 2. The number of nitrogens with zero attached hydrogens (tertiary/aromatic N) is 2. The van der Waals surface area contributed by atoms with Crippen molar-refractivity contribution in [1.29, 1.82) is 0 Å². The molecule has 6 nitrogen and oxygen atoms in total. The second kappa shape index (κ2) is 7.91. The fourth-order valence-electron chi connectivity index (χ4n) is 3.80. The third kappa shape index (κ3) is 3.92. The Morgan fingerprint density at radius 1 is 1.00 bits per heavy atom. The van der Waals surface area contributed by atoms with E-state index in [0.29, 0.717) is 16.6 Å². The number of benzene rings is 2. The van der Waals surface area contributed by atoms with E-state index in [-0.39, 0.29) is 12.5 Å². The summed E-state index contributed by atoms with van der Waals surface area (Å²) in [5.74, 6) is -1.27. The molecule has 1 fully saturated rings. The summed E-state index contributed by atoms with van der Waals surface area (Å²) in [7, 11) is 0. The van der Waals surface area contributed by atoms with Gasteiger partial charge in [-0.3, -0.25) is 14.4 Å². The van der Waals surface area contributed by atoms with Gasteiger partial charge in [-0.05, 0) is 43.5 Å². The minimum Gasteiger partial charge on any atom is -0.341 e. The van der Waals surface area contributed by atoms with Gasteiger partial charge in [0.2, 0.25) is 5.91 Å². The minimum atomic E-state index is -0.690. The molecule has 1 aromatic heterocycles. The van der Waals surface area contributed by atoms with Crippen LogP contribution in [0.15, 0.2) is 54.7 Å². The Bertz CT molecular complexity index is 1090. The van der Waals surface area contributed by atoms with E-state index in [1.165, 1.54) is 0 Å². The number of rotatable bonds is 5. The maximum absolute atomic E-state index is 12.9. The number of Topliss-reactive ketones (excluding diaryl/α,β-unsaturated/α-hetero) is 1. The average Bonchev–Trinajstić information content (AvgIpc) is 3.36. The third-order valence-corrected chi connectivity index (χ3v) is 5.28. The summed E-state index contributed by atoms with van der Waals surface area (Å²) in [4.78, 5) is 39.9. The highest BCUT2D eigenvalue weighted by atomic mass is 16.2. The lowest BCUT2D eigenvalue weighted by molar-refractivity contribution is -0.130. The van der Waals surface area contributed by atoms with E-state index in [9.17, 15) is 14.4 Å². The zero-order valence-corrected chi connectivity index (χ0v) is 16.4. The number of hydrogen-bond acceptors (Lipinski definition) is 3. The molecule has 4 rings (SSSR count). The summed E-state index contributed by atoms with van der Waals surface area (Å²) in [6.07, 6.45) is 3.68. The number of fused-ring (bicyclic) bond motifs is 1. The second-order valence-corrected chi connectivity index (χ2v) is 7.43. The van der Waals surface area contributed by atoms with Crippen LogP contribution in [0.25, 0.3) is 10.9 Å². The highest BCUT2D eigenvalue weighted by molar-refractivity contribution is 6.48. The number of aromatic nitrogens is 1. The first-order valence-electron chi connectivity index (χ1n) is 9.81. The lowest BCUT2D eigenvalue weighted by Gasteiger charge is -2.15. The fourth-order valence-corrected chi connectivity index (χ4v) is 3.80. The van der Waals surface area contributed by atoms with Gasteiger partial charge in [0.15, 0.2) is 0 Å². The Labute approximate surface area is 169 Å². The molecule has 2 heterocycles. The topological polar surface area (TPSA) is 71.4 Å². The predicted molar refractivity (Wildman–Crippen MR) is 112 cm³/mol. The Balaban J connectivity index is 1.60. The van der Waals surface area contributed by atoms with E-state index in [1.807, 2.05) is 48.2 Å². The number of likely N-dealkylation sites (tertiary alicyclic amines) is 1. The van der Waals surface area contributed by atoms with Crippen LogP contribution in [0.2, 0.25) is 0 Å². The number of hydrogen-bond donors (Lipinski definition) is 1. The number of carbonyl (C=O) groups excluding carboxylic acids is 3. The zero-order valence-electron chi connectivity index (χ0n) is 16.4. The van der Waals surface area contributed by atoms with Crippen molar-refractivity contribution in [2.75, 3.05) is 18.4 Å². The summed E-state index contributed by atoms with van der Waals surface area (Å²) < 4.78 is 1.77. The summed E-state index contributed by atoms with van der Waals surface area (Å²) >= 11 is 0. The molecule has 0 atom stereocenters. The molecule has 1 aliphatic rings. The van der Waals surface area contributed by atoms with Crippen molar-refractivity contribution >= 4 is 34.2 Å². The number of carbonyl (C=O) groups is 3. The Hall–Kier alpha value is -3.41. The Morgan fingerprint density at radius 2 is 1.76 bits per heavy atom. The molecule has 0 saturated carbocycles. The van der Waals surface area contributed by atoms with Gasteiger partial charge in [-0.15, -0.1) is 0 Å². The Morgan fingerprint density at radius 3 is 2.52 bits per heavy atom. The van der Waals surface area contributed by atoms with Crippen LogP contribution in [-0.4, -0.2) is 40.2 Å². The van der Waals surface area contributed by atoms with Crippen LogP contribution in [0.1, 0.15) is 28.8 Å². The van der Waals surface area contributed by atoms with Gasteiger partial charge in [-0.2, -0.15) is 0 Å². The lowest BCUT2D eigenvalue weighted by Crippen LogP contribution is -2.30. The summed E-state index contributed by atoms with van der Waals surface area (Å²) in [6, 6.07) is 14.7. The van der Waals surface area contributed by atoms with E-state index >= 15 is 0 Å². The SMILES string of the molecule is Cc1cccc(NC(=O)C(=O)c2cn(CC(=O)N3CCCC3)c3ccccc23)c1. The van der Waals surface area contributed by atoms with Crippen LogP contribution in [0.4, 0.5) is 5.69 Å². The minimum absolute atomic E-state index is 0.0338. The van der Waals surface area contributed by atoms with Gasteiger partial charge in [0.25, 0.3) is 11.7 Å². The van der Waals surface area contributed by atoms with Crippen molar-refractivity contribution in [2.45, 2.75) is 26.3 Å². The monoisotopic (exact) mass is 389 g/mol.